The topological polar surface area (TPSA) is 105 Å². The molecule has 3 rings (SSSR count). The quantitative estimate of drug-likeness (QED) is 0.726. The number of benzene rings is 1. The molecule has 0 aliphatic carbocycles. The van der Waals surface area contributed by atoms with Crippen LogP contribution in [0.25, 0.3) is 0 Å². The average molecular weight is 411 g/mol. The average Bonchev–Trinajstić information content (AvgIpc) is 3.08. The van der Waals surface area contributed by atoms with Gasteiger partial charge in [0, 0.05) is 18.0 Å². The van der Waals surface area contributed by atoms with E-state index in [0.29, 0.717) is 31.7 Å². The predicted molar refractivity (Wildman–Crippen MR) is 103 cm³/mol. The maximum Gasteiger partial charge on any atom is 0.322 e. The van der Waals surface area contributed by atoms with E-state index < -0.39 is 15.9 Å². The van der Waals surface area contributed by atoms with Gasteiger partial charge in [0.15, 0.2) is 0 Å². The number of sulfonamides is 1. The highest BCUT2D eigenvalue weighted by atomic mass is 32.2. The van der Waals surface area contributed by atoms with Crippen LogP contribution in [0.3, 0.4) is 0 Å². The summed E-state index contributed by atoms with van der Waals surface area (Å²) in [5, 5.41) is 10.4. The minimum Gasteiger partial charge on any atom is -0.407 e. The molecule has 8 nitrogen and oxygen atoms in total. The summed E-state index contributed by atoms with van der Waals surface area (Å²) in [6, 6.07) is 8.07. The molecular weight excluding hydrogens is 388 g/mol. The first-order valence-electron chi connectivity index (χ1n) is 8.56. The number of carbonyl (C=O) groups is 1. The maximum absolute atomic E-state index is 12.4. The molecule has 10 heteroatoms. The number of thioether (sulfide) groups is 1. The van der Waals surface area contributed by atoms with E-state index in [4.69, 9.17) is 4.42 Å². The lowest BCUT2D eigenvalue weighted by Gasteiger charge is -2.29. The molecule has 1 N–H and O–H groups in total. The molecule has 1 aliphatic rings. The van der Waals surface area contributed by atoms with Crippen molar-refractivity contribution in [3.63, 3.8) is 0 Å². The summed E-state index contributed by atoms with van der Waals surface area (Å²) in [5.41, 5.74) is 1.03. The Hall–Kier alpha value is -1.91. The van der Waals surface area contributed by atoms with Crippen LogP contribution in [0.2, 0.25) is 0 Å². The highest BCUT2D eigenvalue weighted by Crippen LogP contribution is 2.21. The van der Waals surface area contributed by atoms with Gasteiger partial charge in [0.05, 0.1) is 18.6 Å². The summed E-state index contributed by atoms with van der Waals surface area (Å²) in [4.78, 5) is 13.6. The van der Waals surface area contributed by atoms with Gasteiger partial charge in [0.1, 0.15) is 0 Å². The molecule has 1 fully saturated rings. The summed E-state index contributed by atoms with van der Waals surface area (Å²) in [7, 11) is -3.30. The van der Waals surface area contributed by atoms with Crippen molar-refractivity contribution >= 4 is 33.7 Å². The van der Waals surface area contributed by atoms with E-state index in [0.717, 1.165) is 11.8 Å². The molecule has 2 heterocycles. The fourth-order valence-electron chi connectivity index (χ4n) is 2.96. The number of carbonyl (C=O) groups excluding carboxylic acids is 1. The van der Waals surface area contributed by atoms with Gasteiger partial charge in [-0.3, -0.25) is 10.1 Å². The molecule has 146 valence electrons. The van der Waals surface area contributed by atoms with Gasteiger partial charge in [-0.05, 0) is 36.8 Å². The summed E-state index contributed by atoms with van der Waals surface area (Å²) in [6.07, 6.45) is 4.92. The van der Waals surface area contributed by atoms with Crippen LogP contribution >= 0.6 is 11.8 Å². The molecule has 1 aliphatic heterocycles. The van der Waals surface area contributed by atoms with Crippen molar-refractivity contribution in [2.45, 2.75) is 24.2 Å². The van der Waals surface area contributed by atoms with Gasteiger partial charge in [-0.15, -0.1) is 16.9 Å². The third kappa shape index (κ3) is 5.30. The Morgan fingerprint density at radius 2 is 2.07 bits per heavy atom. The SMILES string of the molecule is CSc1ccc(Cc2nnc(NC(=O)C3CCCN(S(C)(=O)=O)C3)o2)cc1. The van der Waals surface area contributed by atoms with Gasteiger partial charge >= 0.3 is 6.01 Å². The molecular formula is C17H22N4O4S2. The lowest BCUT2D eigenvalue weighted by atomic mass is 9.99. The van der Waals surface area contributed by atoms with Crippen molar-refractivity contribution in [1.29, 1.82) is 0 Å². The smallest absolute Gasteiger partial charge is 0.322 e. The standard InChI is InChI=1S/C17H22N4O4S2/c1-26-14-7-5-12(6-8-14)10-15-19-20-17(25-15)18-16(22)13-4-3-9-21(11-13)27(2,23)24/h5-8,13H,3-4,9-11H2,1-2H3,(H,18,20,22). The fourth-order valence-corrected chi connectivity index (χ4v) is 4.28. The highest BCUT2D eigenvalue weighted by Gasteiger charge is 2.30. The van der Waals surface area contributed by atoms with Crippen molar-refractivity contribution in [2.75, 3.05) is 30.9 Å². The van der Waals surface area contributed by atoms with Crippen molar-refractivity contribution in [2.24, 2.45) is 5.92 Å². The van der Waals surface area contributed by atoms with Gasteiger partial charge in [-0.1, -0.05) is 17.2 Å². The van der Waals surface area contributed by atoms with Crippen molar-refractivity contribution in [3.8, 4) is 0 Å². The van der Waals surface area contributed by atoms with Gasteiger partial charge in [-0.2, -0.15) is 0 Å². The second-order valence-electron chi connectivity index (χ2n) is 6.48. The zero-order valence-electron chi connectivity index (χ0n) is 15.2. The number of anilines is 1. The second kappa shape index (κ2) is 8.41. The molecule has 1 unspecified atom stereocenters. The van der Waals surface area contributed by atoms with E-state index >= 15 is 0 Å². The van der Waals surface area contributed by atoms with E-state index in [9.17, 15) is 13.2 Å². The molecule has 0 radical (unpaired) electrons. The van der Waals surface area contributed by atoms with E-state index in [1.165, 1.54) is 9.20 Å². The number of amides is 1. The summed E-state index contributed by atoms with van der Waals surface area (Å²) in [5.74, 6) is -0.325. The van der Waals surface area contributed by atoms with Crippen molar-refractivity contribution in [3.05, 3.63) is 35.7 Å². The first-order chi connectivity index (χ1) is 12.8. The minimum atomic E-state index is -3.30. The number of piperidine rings is 1. The zero-order valence-corrected chi connectivity index (χ0v) is 16.8. The fraction of sp³-hybridized carbons (Fsp3) is 0.471. The number of nitrogens with one attached hydrogen (secondary N) is 1. The third-order valence-corrected chi connectivity index (χ3v) is 6.45. The number of hydrogen-bond acceptors (Lipinski definition) is 7. The van der Waals surface area contributed by atoms with Gasteiger partial charge in [0.2, 0.25) is 21.8 Å². The third-order valence-electron chi connectivity index (χ3n) is 4.44. The van der Waals surface area contributed by atoms with Crippen LogP contribution in [0.1, 0.15) is 24.3 Å². The number of aromatic nitrogens is 2. The Labute approximate surface area is 162 Å². The Kier molecular flexibility index (Phi) is 6.18. The van der Waals surface area contributed by atoms with E-state index in [2.05, 4.69) is 15.5 Å². The van der Waals surface area contributed by atoms with E-state index in [-0.39, 0.29) is 18.5 Å². The van der Waals surface area contributed by atoms with E-state index in [1.54, 1.807) is 11.8 Å². The number of hydrogen-bond donors (Lipinski definition) is 1. The normalized spacial score (nSPS) is 18.4. The molecule has 1 aromatic heterocycles. The Morgan fingerprint density at radius 3 is 2.74 bits per heavy atom. The first-order valence-corrected chi connectivity index (χ1v) is 11.6. The van der Waals surface area contributed by atoms with Crippen LogP contribution in [-0.2, 0) is 21.2 Å². The zero-order chi connectivity index (χ0) is 19.4. The van der Waals surface area contributed by atoms with Crippen LogP contribution in [0.15, 0.2) is 33.6 Å². The largest absolute Gasteiger partial charge is 0.407 e. The predicted octanol–water partition coefficient (Wildman–Crippen LogP) is 1.99. The van der Waals surface area contributed by atoms with Crippen LogP contribution < -0.4 is 5.32 Å². The molecule has 0 spiro atoms. The molecule has 1 atom stereocenters. The Balaban J connectivity index is 1.59. The van der Waals surface area contributed by atoms with Crippen molar-refractivity contribution < 1.29 is 17.6 Å². The molecule has 0 bridgehead atoms. The molecule has 27 heavy (non-hydrogen) atoms. The first kappa shape index (κ1) is 19.8. The Morgan fingerprint density at radius 1 is 1.33 bits per heavy atom. The van der Waals surface area contributed by atoms with Crippen LogP contribution in [-0.4, -0.2) is 54.4 Å². The van der Waals surface area contributed by atoms with Crippen molar-refractivity contribution in [1.82, 2.24) is 14.5 Å². The van der Waals surface area contributed by atoms with Gasteiger partial charge in [-0.25, -0.2) is 12.7 Å². The van der Waals surface area contributed by atoms with Gasteiger partial charge in [0.25, 0.3) is 0 Å². The summed E-state index contributed by atoms with van der Waals surface area (Å²) >= 11 is 1.67. The van der Waals surface area contributed by atoms with Gasteiger partial charge < -0.3 is 4.42 Å². The lowest BCUT2D eigenvalue weighted by Crippen LogP contribution is -2.43. The monoisotopic (exact) mass is 410 g/mol. The highest BCUT2D eigenvalue weighted by molar-refractivity contribution is 7.98. The van der Waals surface area contributed by atoms with Crippen LogP contribution in [0.4, 0.5) is 6.01 Å². The minimum absolute atomic E-state index is 0.0345. The second-order valence-corrected chi connectivity index (χ2v) is 9.34. The van der Waals surface area contributed by atoms with E-state index in [1.807, 2.05) is 30.5 Å². The van der Waals surface area contributed by atoms with Crippen LogP contribution in [0.5, 0.6) is 0 Å². The lowest BCUT2D eigenvalue weighted by molar-refractivity contribution is -0.121. The summed E-state index contributed by atoms with van der Waals surface area (Å²) in [6.45, 7) is 0.621. The molecule has 0 saturated carbocycles. The number of rotatable bonds is 6. The molecule has 1 saturated heterocycles. The maximum atomic E-state index is 12.4. The number of nitrogens with zero attached hydrogens (tertiary/aromatic N) is 3. The summed E-state index contributed by atoms with van der Waals surface area (Å²) < 4.78 is 30.2. The molecule has 1 aromatic carbocycles. The van der Waals surface area contributed by atoms with Crippen LogP contribution in [0, 0.1) is 5.92 Å². The molecule has 2 aromatic rings. The Bertz CT molecular complexity index is 896. The molecule has 1 amide bonds.